The van der Waals surface area contributed by atoms with Crippen molar-refractivity contribution in [2.75, 3.05) is 20.1 Å². The Morgan fingerprint density at radius 2 is 1.94 bits per heavy atom. The minimum Gasteiger partial charge on any atom is -0.490 e. The van der Waals surface area contributed by atoms with Crippen molar-refractivity contribution < 1.29 is 9.53 Å². The third kappa shape index (κ3) is 3.20. The molecule has 92 valence electrons. The van der Waals surface area contributed by atoms with Gasteiger partial charge in [-0.1, -0.05) is 0 Å². The molecule has 17 heavy (non-hydrogen) atoms. The Hall–Kier alpha value is -1.55. The normalized spacial score (nSPS) is 16.5. The molecule has 4 heteroatoms. The van der Waals surface area contributed by atoms with Crippen molar-refractivity contribution in [2.24, 2.45) is 0 Å². The van der Waals surface area contributed by atoms with E-state index >= 15 is 0 Å². The first kappa shape index (κ1) is 11.9. The summed E-state index contributed by atoms with van der Waals surface area (Å²) in [6.07, 6.45) is 2.37. The molecule has 1 fully saturated rings. The van der Waals surface area contributed by atoms with Crippen LogP contribution in [0.5, 0.6) is 5.75 Å². The summed E-state index contributed by atoms with van der Waals surface area (Å²) >= 11 is 0. The zero-order valence-electron chi connectivity index (χ0n) is 10.0. The van der Waals surface area contributed by atoms with Crippen molar-refractivity contribution in [1.82, 2.24) is 10.6 Å². The summed E-state index contributed by atoms with van der Waals surface area (Å²) in [4.78, 5) is 11.4. The Bertz CT molecular complexity index is 370. The van der Waals surface area contributed by atoms with Crippen molar-refractivity contribution in [3.63, 3.8) is 0 Å². The lowest BCUT2D eigenvalue weighted by Crippen LogP contribution is -2.34. The monoisotopic (exact) mass is 234 g/mol. The van der Waals surface area contributed by atoms with Crippen LogP contribution in [0, 0.1) is 0 Å². The highest BCUT2D eigenvalue weighted by Gasteiger charge is 2.14. The van der Waals surface area contributed by atoms with E-state index in [1.54, 1.807) is 19.2 Å². The molecule has 2 rings (SSSR count). The molecule has 0 atom stereocenters. The number of piperidine rings is 1. The minimum absolute atomic E-state index is 0.0709. The van der Waals surface area contributed by atoms with Crippen molar-refractivity contribution in [3.05, 3.63) is 29.8 Å². The van der Waals surface area contributed by atoms with Gasteiger partial charge in [-0.3, -0.25) is 4.79 Å². The van der Waals surface area contributed by atoms with E-state index < -0.39 is 0 Å². The zero-order chi connectivity index (χ0) is 12.1. The molecule has 0 radical (unpaired) electrons. The molecule has 0 bridgehead atoms. The number of carbonyl (C=O) groups is 1. The van der Waals surface area contributed by atoms with Gasteiger partial charge in [0.1, 0.15) is 11.9 Å². The Kier molecular flexibility index (Phi) is 3.98. The van der Waals surface area contributed by atoms with Crippen LogP contribution in [0.4, 0.5) is 0 Å². The minimum atomic E-state index is -0.0709. The van der Waals surface area contributed by atoms with Gasteiger partial charge in [-0.05, 0) is 50.2 Å². The lowest BCUT2D eigenvalue weighted by molar-refractivity contribution is 0.0963. The molecule has 0 aliphatic carbocycles. The number of rotatable bonds is 3. The molecule has 0 spiro atoms. The molecular formula is C13H18N2O2. The molecule has 1 aromatic carbocycles. The molecule has 1 aromatic rings. The third-order valence-corrected chi connectivity index (χ3v) is 2.93. The predicted molar refractivity (Wildman–Crippen MR) is 66.4 cm³/mol. The smallest absolute Gasteiger partial charge is 0.251 e. The van der Waals surface area contributed by atoms with Gasteiger partial charge in [0.05, 0.1) is 0 Å². The number of hydrogen-bond donors (Lipinski definition) is 2. The van der Waals surface area contributed by atoms with Crippen molar-refractivity contribution in [1.29, 1.82) is 0 Å². The summed E-state index contributed by atoms with van der Waals surface area (Å²) in [5.41, 5.74) is 0.658. The van der Waals surface area contributed by atoms with Crippen molar-refractivity contribution >= 4 is 5.91 Å². The maximum atomic E-state index is 11.4. The molecular weight excluding hydrogens is 216 g/mol. The van der Waals surface area contributed by atoms with Crippen molar-refractivity contribution in [3.8, 4) is 5.75 Å². The lowest BCUT2D eigenvalue weighted by Gasteiger charge is -2.23. The molecule has 1 aliphatic heterocycles. The van der Waals surface area contributed by atoms with Gasteiger partial charge >= 0.3 is 0 Å². The first-order chi connectivity index (χ1) is 8.29. The highest BCUT2D eigenvalue weighted by molar-refractivity contribution is 5.94. The van der Waals surface area contributed by atoms with E-state index in [1.807, 2.05) is 12.1 Å². The van der Waals surface area contributed by atoms with Gasteiger partial charge in [0.2, 0.25) is 0 Å². The largest absolute Gasteiger partial charge is 0.490 e. The highest BCUT2D eigenvalue weighted by atomic mass is 16.5. The fourth-order valence-electron chi connectivity index (χ4n) is 1.93. The first-order valence-corrected chi connectivity index (χ1v) is 5.99. The number of amides is 1. The van der Waals surface area contributed by atoms with Crippen LogP contribution in [0.15, 0.2) is 24.3 Å². The Morgan fingerprint density at radius 3 is 2.53 bits per heavy atom. The summed E-state index contributed by atoms with van der Waals surface area (Å²) in [6, 6.07) is 7.28. The number of carbonyl (C=O) groups excluding carboxylic acids is 1. The van der Waals surface area contributed by atoms with E-state index in [1.165, 1.54) is 0 Å². The van der Waals surface area contributed by atoms with Gasteiger partial charge in [0.15, 0.2) is 0 Å². The molecule has 1 saturated heterocycles. The molecule has 1 amide bonds. The topological polar surface area (TPSA) is 50.4 Å². The molecule has 1 heterocycles. The van der Waals surface area contributed by atoms with Gasteiger partial charge in [-0.25, -0.2) is 0 Å². The molecule has 0 saturated carbocycles. The first-order valence-electron chi connectivity index (χ1n) is 5.99. The van der Waals surface area contributed by atoms with E-state index in [0.29, 0.717) is 11.7 Å². The number of benzene rings is 1. The van der Waals surface area contributed by atoms with Crippen LogP contribution in [0.25, 0.3) is 0 Å². The summed E-state index contributed by atoms with van der Waals surface area (Å²) in [5.74, 6) is 0.767. The van der Waals surface area contributed by atoms with E-state index in [9.17, 15) is 4.79 Å². The maximum absolute atomic E-state index is 11.4. The molecule has 0 unspecified atom stereocenters. The average Bonchev–Trinajstić information content (AvgIpc) is 2.40. The third-order valence-electron chi connectivity index (χ3n) is 2.93. The van der Waals surface area contributed by atoms with Gasteiger partial charge in [-0.2, -0.15) is 0 Å². The Labute approximate surface area is 101 Å². The maximum Gasteiger partial charge on any atom is 0.251 e. The summed E-state index contributed by atoms with van der Waals surface area (Å²) in [5, 5.41) is 5.89. The second-order valence-electron chi connectivity index (χ2n) is 4.17. The second-order valence-corrected chi connectivity index (χ2v) is 4.17. The van der Waals surface area contributed by atoms with Crippen LogP contribution in [-0.4, -0.2) is 32.1 Å². The predicted octanol–water partition coefficient (Wildman–Crippen LogP) is 1.18. The van der Waals surface area contributed by atoms with Gasteiger partial charge in [0.25, 0.3) is 5.91 Å². The van der Waals surface area contributed by atoms with Crippen LogP contribution in [0.1, 0.15) is 23.2 Å². The molecule has 2 N–H and O–H groups in total. The summed E-state index contributed by atoms with van der Waals surface area (Å²) in [7, 11) is 1.63. The SMILES string of the molecule is CNC(=O)c1ccc(OC2CCNCC2)cc1. The van der Waals surface area contributed by atoms with Crippen LogP contribution >= 0.6 is 0 Å². The number of nitrogens with one attached hydrogen (secondary N) is 2. The van der Waals surface area contributed by atoms with Gasteiger partial charge < -0.3 is 15.4 Å². The van der Waals surface area contributed by atoms with Crippen LogP contribution in [0.3, 0.4) is 0 Å². The van der Waals surface area contributed by atoms with E-state index in [-0.39, 0.29) is 5.91 Å². The van der Waals surface area contributed by atoms with E-state index in [2.05, 4.69) is 10.6 Å². The highest BCUT2D eigenvalue weighted by Crippen LogP contribution is 2.17. The number of ether oxygens (including phenoxy) is 1. The fourth-order valence-corrected chi connectivity index (χ4v) is 1.93. The van der Waals surface area contributed by atoms with Crippen molar-refractivity contribution in [2.45, 2.75) is 18.9 Å². The second kappa shape index (κ2) is 5.68. The molecule has 0 aromatic heterocycles. The lowest BCUT2D eigenvalue weighted by atomic mass is 10.1. The summed E-state index contributed by atoms with van der Waals surface area (Å²) < 4.78 is 5.85. The van der Waals surface area contributed by atoms with Crippen LogP contribution < -0.4 is 15.4 Å². The molecule has 1 aliphatic rings. The number of hydrogen-bond acceptors (Lipinski definition) is 3. The molecule has 4 nitrogen and oxygen atoms in total. The summed E-state index contributed by atoms with van der Waals surface area (Å²) in [6.45, 7) is 2.03. The zero-order valence-corrected chi connectivity index (χ0v) is 10.0. The van der Waals surface area contributed by atoms with Gasteiger partial charge in [0, 0.05) is 12.6 Å². The van der Waals surface area contributed by atoms with E-state index in [4.69, 9.17) is 4.74 Å². The van der Waals surface area contributed by atoms with Crippen LogP contribution in [-0.2, 0) is 0 Å². The van der Waals surface area contributed by atoms with Gasteiger partial charge in [-0.15, -0.1) is 0 Å². The van der Waals surface area contributed by atoms with Crippen LogP contribution in [0.2, 0.25) is 0 Å². The standard InChI is InChI=1S/C13H18N2O2/c1-14-13(16)10-2-4-11(5-3-10)17-12-6-8-15-9-7-12/h2-5,12,15H,6-9H2,1H3,(H,14,16). The Morgan fingerprint density at radius 1 is 1.29 bits per heavy atom. The quantitative estimate of drug-likeness (QED) is 0.825. The average molecular weight is 234 g/mol. The fraction of sp³-hybridized carbons (Fsp3) is 0.462. The van der Waals surface area contributed by atoms with E-state index in [0.717, 1.165) is 31.7 Å². The Balaban J connectivity index is 1.95.